The molecule has 0 aliphatic rings. The Kier molecular flexibility index (Phi) is 4.36. The van der Waals surface area contributed by atoms with E-state index in [1.165, 1.54) is 6.20 Å². The van der Waals surface area contributed by atoms with E-state index in [0.717, 1.165) is 5.75 Å². The molecule has 1 N–H and O–H groups in total. The average molecular weight is 264 g/mol. The zero-order valence-corrected chi connectivity index (χ0v) is 10.8. The van der Waals surface area contributed by atoms with E-state index in [9.17, 15) is 0 Å². The zero-order chi connectivity index (χ0) is 12.8. The summed E-state index contributed by atoms with van der Waals surface area (Å²) in [5.41, 5.74) is 0. The van der Waals surface area contributed by atoms with Crippen molar-refractivity contribution in [2.45, 2.75) is 13.0 Å². The zero-order valence-electron chi connectivity index (χ0n) is 10.0. The molecule has 18 heavy (non-hydrogen) atoms. The highest BCUT2D eigenvalue weighted by molar-refractivity contribution is 6.29. The van der Waals surface area contributed by atoms with Crippen molar-refractivity contribution in [2.24, 2.45) is 0 Å². The molecule has 2 aromatic rings. The van der Waals surface area contributed by atoms with Crippen LogP contribution in [0.15, 0.2) is 42.7 Å². The SMILES string of the molecule is CC(CNc1cncc(Cl)n1)Oc1ccccc1. The maximum absolute atomic E-state index is 5.75. The van der Waals surface area contributed by atoms with Gasteiger partial charge >= 0.3 is 0 Å². The summed E-state index contributed by atoms with van der Waals surface area (Å²) in [6.07, 6.45) is 3.14. The number of para-hydroxylation sites is 1. The van der Waals surface area contributed by atoms with Crippen LogP contribution in [0.4, 0.5) is 5.82 Å². The van der Waals surface area contributed by atoms with Gasteiger partial charge in [-0.15, -0.1) is 0 Å². The van der Waals surface area contributed by atoms with Gasteiger partial charge in [-0.05, 0) is 19.1 Å². The Labute approximate surface area is 111 Å². The van der Waals surface area contributed by atoms with Crippen LogP contribution in [-0.4, -0.2) is 22.6 Å². The van der Waals surface area contributed by atoms with Crippen LogP contribution in [0.2, 0.25) is 5.15 Å². The Morgan fingerprint density at radius 3 is 2.78 bits per heavy atom. The molecule has 1 aromatic carbocycles. The van der Waals surface area contributed by atoms with Crippen molar-refractivity contribution in [1.29, 1.82) is 0 Å². The number of nitrogens with one attached hydrogen (secondary N) is 1. The molecule has 5 heteroatoms. The number of hydrogen-bond acceptors (Lipinski definition) is 4. The molecule has 0 radical (unpaired) electrons. The van der Waals surface area contributed by atoms with E-state index in [2.05, 4.69) is 15.3 Å². The fourth-order valence-electron chi connectivity index (χ4n) is 1.45. The van der Waals surface area contributed by atoms with Crippen LogP contribution in [0.5, 0.6) is 5.75 Å². The normalized spacial score (nSPS) is 11.9. The van der Waals surface area contributed by atoms with E-state index >= 15 is 0 Å². The topological polar surface area (TPSA) is 47.0 Å². The van der Waals surface area contributed by atoms with E-state index in [-0.39, 0.29) is 6.10 Å². The van der Waals surface area contributed by atoms with Crippen molar-refractivity contribution in [3.8, 4) is 5.75 Å². The monoisotopic (exact) mass is 263 g/mol. The van der Waals surface area contributed by atoms with Crippen molar-refractivity contribution in [1.82, 2.24) is 9.97 Å². The molecule has 1 aromatic heterocycles. The molecule has 0 bridgehead atoms. The maximum atomic E-state index is 5.75. The van der Waals surface area contributed by atoms with E-state index in [4.69, 9.17) is 16.3 Å². The molecule has 0 amide bonds. The highest BCUT2D eigenvalue weighted by atomic mass is 35.5. The second kappa shape index (κ2) is 6.21. The van der Waals surface area contributed by atoms with Gasteiger partial charge in [0.2, 0.25) is 0 Å². The minimum absolute atomic E-state index is 0.0215. The third-order valence-corrected chi connectivity index (χ3v) is 2.44. The van der Waals surface area contributed by atoms with Crippen molar-refractivity contribution < 1.29 is 4.74 Å². The second-order valence-electron chi connectivity index (χ2n) is 3.85. The molecule has 0 saturated heterocycles. The molecule has 1 atom stereocenters. The third-order valence-electron chi connectivity index (χ3n) is 2.26. The molecule has 94 valence electrons. The van der Waals surface area contributed by atoms with Crippen molar-refractivity contribution >= 4 is 17.4 Å². The van der Waals surface area contributed by atoms with Crippen LogP contribution in [0.1, 0.15) is 6.92 Å². The van der Waals surface area contributed by atoms with Crippen molar-refractivity contribution in [2.75, 3.05) is 11.9 Å². The predicted octanol–water partition coefficient (Wildman–Crippen LogP) is 3.01. The highest BCUT2D eigenvalue weighted by Gasteiger charge is 2.04. The largest absolute Gasteiger partial charge is 0.489 e. The van der Waals surface area contributed by atoms with Gasteiger partial charge in [0.05, 0.1) is 18.9 Å². The summed E-state index contributed by atoms with van der Waals surface area (Å²) in [5.74, 6) is 1.50. The Morgan fingerprint density at radius 1 is 1.28 bits per heavy atom. The van der Waals surface area contributed by atoms with Crippen LogP contribution in [-0.2, 0) is 0 Å². The van der Waals surface area contributed by atoms with Crippen LogP contribution in [0, 0.1) is 0 Å². The maximum Gasteiger partial charge on any atom is 0.149 e. The first-order chi connectivity index (χ1) is 8.74. The number of nitrogens with zero attached hydrogens (tertiary/aromatic N) is 2. The molecule has 1 heterocycles. The molecule has 4 nitrogen and oxygen atoms in total. The molecular weight excluding hydrogens is 250 g/mol. The summed E-state index contributed by atoms with van der Waals surface area (Å²) in [7, 11) is 0. The molecule has 1 unspecified atom stereocenters. The number of ether oxygens (including phenoxy) is 1. The predicted molar refractivity (Wildman–Crippen MR) is 72.1 cm³/mol. The van der Waals surface area contributed by atoms with Crippen LogP contribution < -0.4 is 10.1 Å². The van der Waals surface area contributed by atoms with E-state index in [1.807, 2.05) is 37.3 Å². The first kappa shape index (κ1) is 12.6. The van der Waals surface area contributed by atoms with Gasteiger partial charge in [0, 0.05) is 0 Å². The molecular formula is C13H14ClN3O. The van der Waals surface area contributed by atoms with Gasteiger partial charge < -0.3 is 10.1 Å². The lowest BCUT2D eigenvalue weighted by atomic mass is 10.3. The van der Waals surface area contributed by atoms with Gasteiger partial charge in [-0.25, -0.2) is 4.98 Å². The molecule has 0 saturated carbocycles. The van der Waals surface area contributed by atoms with Crippen LogP contribution in [0.25, 0.3) is 0 Å². The van der Waals surface area contributed by atoms with Crippen molar-refractivity contribution in [3.63, 3.8) is 0 Å². The fraction of sp³-hybridized carbons (Fsp3) is 0.231. The van der Waals surface area contributed by atoms with Gasteiger partial charge in [-0.2, -0.15) is 0 Å². The summed E-state index contributed by atoms with van der Waals surface area (Å²) in [6.45, 7) is 2.61. The van der Waals surface area contributed by atoms with Crippen LogP contribution >= 0.6 is 11.6 Å². The van der Waals surface area contributed by atoms with Gasteiger partial charge in [-0.1, -0.05) is 29.8 Å². The van der Waals surface area contributed by atoms with E-state index < -0.39 is 0 Å². The van der Waals surface area contributed by atoms with Gasteiger partial charge in [0.15, 0.2) is 0 Å². The average Bonchev–Trinajstić information content (AvgIpc) is 2.38. The number of rotatable bonds is 5. The van der Waals surface area contributed by atoms with Crippen LogP contribution in [0.3, 0.4) is 0 Å². The number of halogens is 1. The Morgan fingerprint density at radius 2 is 2.06 bits per heavy atom. The minimum atomic E-state index is 0.0215. The Bertz CT molecular complexity index is 493. The Balaban J connectivity index is 1.83. The lowest BCUT2D eigenvalue weighted by Gasteiger charge is -2.15. The van der Waals surface area contributed by atoms with Gasteiger partial charge in [0.25, 0.3) is 0 Å². The highest BCUT2D eigenvalue weighted by Crippen LogP contribution is 2.11. The van der Waals surface area contributed by atoms with Gasteiger partial charge in [-0.3, -0.25) is 4.98 Å². The fourth-order valence-corrected chi connectivity index (χ4v) is 1.60. The lowest BCUT2D eigenvalue weighted by Crippen LogP contribution is -2.23. The summed E-state index contributed by atoms with van der Waals surface area (Å²) in [4.78, 5) is 8.04. The quantitative estimate of drug-likeness (QED) is 0.901. The van der Waals surface area contributed by atoms with E-state index in [1.54, 1.807) is 6.20 Å². The molecule has 2 rings (SSSR count). The minimum Gasteiger partial charge on any atom is -0.489 e. The molecule has 0 aliphatic heterocycles. The van der Waals surface area contributed by atoms with Crippen molar-refractivity contribution in [3.05, 3.63) is 47.9 Å². The first-order valence-electron chi connectivity index (χ1n) is 5.67. The summed E-state index contributed by atoms with van der Waals surface area (Å²) in [6, 6.07) is 9.69. The molecule has 0 aliphatic carbocycles. The number of anilines is 1. The number of hydrogen-bond donors (Lipinski definition) is 1. The standard InChI is InChI=1S/C13H14ClN3O/c1-10(18-11-5-3-2-4-6-11)7-16-13-9-15-8-12(14)17-13/h2-6,8-10H,7H2,1H3,(H,16,17). The first-order valence-corrected chi connectivity index (χ1v) is 6.05. The summed E-state index contributed by atoms with van der Waals surface area (Å²) in [5, 5.41) is 3.49. The second-order valence-corrected chi connectivity index (χ2v) is 4.24. The summed E-state index contributed by atoms with van der Waals surface area (Å²) >= 11 is 5.75. The van der Waals surface area contributed by atoms with Gasteiger partial charge in [0.1, 0.15) is 22.8 Å². The smallest absolute Gasteiger partial charge is 0.149 e. The number of aromatic nitrogens is 2. The Hall–Kier alpha value is -1.81. The number of benzene rings is 1. The molecule has 0 spiro atoms. The molecule has 0 fully saturated rings. The lowest BCUT2D eigenvalue weighted by molar-refractivity contribution is 0.234. The van der Waals surface area contributed by atoms with E-state index in [0.29, 0.717) is 17.5 Å². The summed E-state index contributed by atoms with van der Waals surface area (Å²) < 4.78 is 5.72. The third kappa shape index (κ3) is 3.89.